The van der Waals surface area contributed by atoms with Crippen LogP contribution in [0.1, 0.15) is 34.8 Å². The Morgan fingerprint density at radius 3 is 2.39 bits per heavy atom. The maximum atomic E-state index is 12.7. The van der Waals surface area contributed by atoms with Gasteiger partial charge in [0.05, 0.1) is 5.69 Å². The molecule has 0 spiro atoms. The molecule has 1 amide bonds. The van der Waals surface area contributed by atoms with Crippen molar-refractivity contribution in [2.24, 2.45) is 7.05 Å². The predicted molar refractivity (Wildman–Crippen MR) is 117 cm³/mol. The molecular weight excluding hydrogens is 392 g/mol. The molecule has 3 aromatic rings. The van der Waals surface area contributed by atoms with Gasteiger partial charge in [-0.15, -0.1) is 10.2 Å². The van der Waals surface area contributed by atoms with Crippen LogP contribution < -0.4 is 0 Å². The Morgan fingerprint density at radius 2 is 1.74 bits per heavy atom. The lowest BCUT2D eigenvalue weighted by atomic mass is 10.1. The van der Waals surface area contributed by atoms with Gasteiger partial charge in [-0.1, -0.05) is 17.7 Å². The minimum Gasteiger partial charge on any atom is -0.421 e. The van der Waals surface area contributed by atoms with Gasteiger partial charge in [-0.2, -0.15) is 5.10 Å². The molecule has 4 rings (SSSR count). The van der Waals surface area contributed by atoms with Crippen LogP contribution in [0.25, 0.3) is 11.5 Å². The third-order valence-electron chi connectivity index (χ3n) is 6.08. The normalized spacial score (nSPS) is 14.9. The van der Waals surface area contributed by atoms with Gasteiger partial charge >= 0.3 is 0 Å². The van der Waals surface area contributed by atoms with E-state index in [0.29, 0.717) is 24.6 Å². The maximum Gasteiger partial charge on any atom is 0.247 e. The number of benzene rings is 1. The summed E-state index contributed by atoms with van der Waals surface area (Å²) in [4.78, 5) is 17.0. The predicted octanol–water partition coefficient (Wildman–Crippen LogP) is 2.67. The third kappa shape index (κ3) is 4.85. The van der Waals surface area contributed by atoms with Crippen molar-refractivity contribution < 1.29 is 9.21 Å². The van der Waals surface area contributed by atoms with Crippen molar-refractivity contribution in [3.8, 4) is 11.5 Å². The number of hydrogen-bond acceptors (Lipinski definition) is 6. The first-order chi connectivity index (χ1) is 14.9. The summed E-state index contributed by atoms with van der Waals surface area (Å²) in [7, 11) is 1.98. The van der Waals surface area contributed by atoms with Crippen molar-refractivity contribution in [2.75, 3.05) is 26.2 Å². The first kappa shape index (κ1) is 21.2. The zero-order valence-electron chi connectivity index (χ0n) is 18.8. The SMILES string of the molecule is Cc1ccc(-c2nnc(CCC(=O)N3CCN(Cc4c(C)nn(C)c4C)CC3)o2)cc1. The highest BCUT2D eigenvalue weighted by Crippen LogP contribution is 2.19. The summed E-state index contributed by atoms with van der Waals surface area (Å²) >= 11 is 0. The van der Waals surface area contributed by atoms with E-state index in [1.54, 1.807) is 0 Å². The Morgan fingerprint density at radius 1 is 1.03 bits per heavy atom. The summed E-state index contributed by atoms with van der Waals surface area (Å²) in [5.41, 5.74) is 5.66. The molecule has 0 radical (unpaired) electrons. The summed E-state index contributed by atoms with van der Waals surface area (Å²) in [6.07, 6.45) is 0.850. The van der Waals surface area contributed by atoms with E-state index >= 15 is 0 Å². The first-order valence-corrected chi connectivity index (χ1v) is 10.8. The molecule has 1 aliphatic heterocycles. The van der Waals surface area contributed by atoms with Crippen molar-refractivity contribution in [1.29, 1.82) is 0 Å². The minimum absolute atomic E-state index is 0.142. The molecule has 0 aliphatic carbocycles. The molecule has 0 atom stereocenters. The van der Waals surface area contributed by atoms with Gasteiger partial charge < -0.3 is 9.32 Å². The Kier molecular flexibility index (Phi) is 6.18. The second kappa shape index (κ2) is 9.01. The Bertz CT molecular complexity index is 1040. The van der Waals surface area contributed by atoms with Crippen LogP contribution in [0.5, 0.6) is 0 Å². The lowest BCUT2D eigenvalue weighted by Gasteiger charge is -2.34. The first-order valence-electron chi connectivity index (χ1n) is 10.8. The lowest BCUT2D eigenvalue weighted by Crippen LogP contribution is -2.48. The van der Waals surface area contributed by atoms with Crippen molar-refractivity contribution in [1.82, 2.24) is 29.8 Å². The fourth-order valence-electron chi connectivity index (χ4n) is 3.96. The summed E-state index contributed by atoms with van der Waals surface area (Å²) in [5.74, 6) is 1.14. The molecule has 31 heavy (non-hydrogen) atoms. The van der Waals surface area contributed by atoms with Gasteiger partial charge in [-0.05, 0) is 32.9 Å². The fraction of sp³-hybridized carbons (Fsp3) is 0.478. The topological polar surface area (TPSA) is 80.3 Å². The zero-order chi connectivity index (χ0) is 22.0. The van der Waals surface area contributed by atoms with Crippen LogP contribution in [0, 0.1) is 20.8 Å². The second-order valence-corrected chi connectivity index (χ2v) is 8.30. The van der Waals surface area contributed by atoms with Gasteiger partial charge in [-0.3, -0.25) is 14.4 Å². The molecule has 2 aromatic heterocycles. The Balaban J connectivity index is 1.25. The molecule has 8 heteroatoms. The van der Waals surface area contributed by atoms with Crippen molar-refractivity contribution >= 4 is 5.91 Å². The van der Waals surface area contributed by atoms with E-state index in [9.17, 15) is 4.79 Å². The van der Waals surface area contributed by atoms with Gasteiger partial charge in [0.1, 0.15) is 0 Å². The van der Waals surface area contributed by atoms with Crippen LogP contribution in [-0.2, 0) is 24.8 Å². The van der Waals surface area contributed by atoms with E-state index in [1.165, 1.54) is 16.8 Å². The Hall–Kier alpha value is -3.00. The number of hydrogen-bond donors (Lipinski definition) is 0. The van der Waals surface area contributed by atoms with Crippen LogP contribution >= 0.6 is 0 Å². The van der Waals surface area contributed by atoms with Gasteiger partial charge in [0.25, 0.3) is 0 Å². The highest BCUT2D eigenvalue weighted by Gasteiger charge is 2.23. The smallest absolute Gasteiger partial charge is 0.247 e. The molecule has 1 aliphatic rings. The summed E-state index contributed by atoms with van der Waals surface area (Å²) in [6, 6.07) is 7.95. The quantitative estimate of drug-likeness (QED) is 0.608. The second-order valence-electron chi connectivity index (χ2n) is 8.30. The zero-order valence-corrected chi connectivity index (χ0v) is 18.8. The van der Waals surface area contributed by atoms with Gasteiger partial charge in [0.2, 0.25) is 17.7 Å². The molecule has 0 saturated carbocycles. The number of carbonyl (C=O) groups excluding carboxylic acids is 1. The molecule has 8 nitrogen and oxygen atoms in total. The molecule has 3 heterocycles. The molecule has 1 saturated heterocycles. The summed E-state index contributed by atoms with van der Waals surface area (Å²) < 4.78 is 7.68. The molecule has 0 N–H and O–H groups in total. The van der Waals surface area contributed by atoms with E-state index in [2.05, 4.69) is 34.0 Å². The van der Waals surface area contributed by atoms with Gasteiger partial charge in [0.15, 0.2) is 0 Å². The highest BCUT2D eigenvalue weighted by molar-refractivity contribution is 5.76. The molecule has 1 aromatic carbocycles. The van der Waals surface area contributed by atoms with E-state index in [-0.39, 0.29) is 5.91 Å². The van der Waals surface area contributed by atoms with Gasteiger partial charge in [-0.25, -0.2) is 0 Å². The average molecular weight is 423 g/mol. The summed E-state index contributed by atoms with van der Waals surface area (Å²) in [6.45, 7) is 10.3. The summed E-state index contributed by atoms with van der Waals surface area (Å²) in [5, 5.41) is 12.7. The molecule has 164 valence electrons. The number of aryl methyl sites for hydroxylation is 4. The van der Waals surface area contributed by atoms with E-state index in [0.717, 1.165) is 44.0 Å². The van der Waals surface area contributed by atoms with Crippen LogP contribution in [0.15, 0.2) is 28.7 Å². The fourth-order valence-corrected chi connectivity index (χ4v) is 3.96. The molecule has 1 fully saturated rings. The molecular formula is C23H30N6O2. The van der Waals surface area contributed by atoms with Crippen molar-refractivity contribution in [3.05, 3.63) is 52.7 Å². The van der Waals surface area contributed by atoms with E-state index in [1.807, 2.05) is 47.8 Å². The number of nitrogens with zero attached hydrogens (tertiary/aromatic N) is 6. The number of aromatic nitrogens is 4. The Labute approximate surface area is 182 Å². The van der Waals surface area contributed by atoms with Crippen LogP contribution in [-0.4, -0.2) is 61.9 Å². The van der Waals surface area contributed by atoms with Crippen LogP contribution in [0.2, 0.25) is 0 Å². The van der Waals surface area contributed by atoms with Crippen molar-refractivity contribution in [2.45, 2.75) is 40.2 Å². The lowest BCUT2D eigenvalue weighted by molar-refractivity contribution is -0.133. The molecule has 0 bridgehead atoms. The minimum atomic E-state index is 0.142. The number of rotatable bonds is 6. The van der Waals surface area contributed by atoms with Crippen LogP contribution in [0.3, 0.4) is 0 Å². The average Bonchev–Trinajstić information content (AvgIpc) is 3.33. The van der Waals surface area contributed by atoms with E-state index in [4.69, 9.17) is 4.42 Å². The van der Waals surface area contributed by atoms with Gasteiger partial charge in [0, 0.05) is 69.4 Å². The third-order valence-corrected chi connectivity index (χ3v) is 6.08. The highest BCUT2D eigenvalue weighted by atomic mass is 16.4. The monoisotopic (exact) mass is 422 g/mol. The van der Waals surface area contributed by atoms with Crippen LogP contribution in [0.4, 0.5) is 0 Å². The number of carbonyl (C=O) groups is 1. The molecule has 0 unspecified atom stereocenters. The standard InChI is InChI=1S/C23H30N6O2/c1-16-5-7-19(8-6-16)23-25-24-21(31-23)9-10-22(30)29-13-11-28(12-14-29)15-20-17(2)26-27(4)18(20)3/h5-8H,9-15H2,1-4H3. The number of amides is 1. The van der Waals surface area contributed by atoms with Crippen molar-refractivity contribution in [3.63, 3.8) is 0 Å². The maximum absolute atomic E-state index is 12.7. The number of piperazine rings is 1. The largest absolute Gasteiger partial charge is 0.421 e. The van der Waals surface area contributed by atoms with E-state index < -0.39 is 0 Å².